The molecule has 0 aliphatic carbocycles. The van der Waals surface area contributed by atoms with Gasteiger partial charge in [0.05, 0.1) is 6.17 Å². The van der Waals surface area contributed by atoms with Crippen LogP contribution in [0.1, 0.15) is 33.4 Å². The van der Waals surface area contributed by atoms with Crippen molar-refractivity contribution in [2.75, 3.05) is 0 Å². The van der Waals surface area contributed by atoms with Gasteiger partial charge in [-0.05, 0) is 39.8 Å². The molecule has 16 heavy (non-hydrogen) atoms. The maximum absolute atomic E-state index is 4.35. The fourth-order valence-electron chi connectivity index (χ4n) is 1.70. The lowest BCUT2D eigenvalue weighted by atomic mass is 10.2. The number of nitrogens with zero attached hydrogens (tertiary/aromatic N) is 1. The van der Waals surface area contributed by atoms with E-state index < -0.39 is 0 Å². The second kappa shape index (κ2) is 6.61. The van der Waals surface area contributed by atoms with Gasteiger partial charge in [-0.25, -0.2) is 0 Å². The largest absolute Gasteiger partial charge is 0.299 e. The Labute approximate surface area is 98.7 Å². The highest BCUT2D eigenvalue weighted by Gasteiger charge is 2.11. The number of hydrogen-bond donors (Lipinski definition) is 2. The van der Waals surface area contributed by atoms with Crippen LogP contribution in [0, 0.1) is 0 Å². The summed E-state index contributed by atoms with van der Waals surface area (Å²) in [7, 11) is 0. The van der Waals surface area contributed by atoms with E-state index in [1.54, 1.807) is 0 Å². The van der Waals surface area contributed by atoms with Crippen LogP contribution in [0.2, 0.25) is 0 Å². The maximum atomic E-state index is 4.35. The molecule has 0 saturated carbocycles. The molecule has 0 fully saturated rings. The van der Waals surface area contributed by atoms with Crippen LogP contribution in [0.4, 0.5) is 0 Å². The van der Waals surface area contributed by atoms with Crippen molar-refractivity contribution < 1.29 is 0 Å². The molecule has 1 aromatic heterocycles. The van der Waals surface area contributed by atoms with Crippen molar-refractivity contribution in [3.63, 3.8) is 0 Å². The highest BCUT2D eigenvalue weighted by atomic mass is 15.1. The van der Waals surface area contributed by atoms with Gasteiger partial charge in [0.2, 0.25) is 0 Å². The number of hydrogen-bond acceptors (Lipinski definition) is 3. The molecule has 0 aliphatic heterocycles. The summed E-state index contributed by atoms with van der Waals surface area (Å²) in [5.41, 5.74) is 1.12. The molecule has 0 bridgehead atoms. The zero-order valence-electron chi connectivity index (χ0n) is 10.7. The summed E-state index contributed by atoms with van der Waals surface area (Å²) < 4.78 is 0. The van der Waals surface area contributed by atoms with Crippen molar-refractivity contribution >= 4 is 0 Å². The Morgan fingerprint density at radius 3 is 2.12 bits per heavy atom. The van der Waals surface area contributed by atoms with E-state index in [0.29, 0.717) is 12.1 Å². The number of pyridine rings is 1. The third-order valence-corrected chi connectivity index (χ3v) is 2.21. The summed E-state index contributed by atoms with van der Waals surface area (Å²) in [4.78, 5) is 4.35. The van der Waals surface area contributed by atoms with Gasteiger partial charge in [0.15, 0.2) is 0 Å². The summed E-state index contributed by atoms with van der Waals surface area (Å²) in [6.07, 6.45) is 3.05. The van der Waals surface area contributed by atoms with Gasteiger partial charge >= 0.3 is 0 Å². The predicted octanol–water partition coefficient (Wildman–Crippen LogP) is 1.95. The zero-order valence-corrected chi connectivity index (χ0v) is 10.7. The van der Waals surface area contributed by atoms with E-state index in [0.717, 1.165) is 12.1 Å². The molecule has 0 aromatic carbocycles. The number of nitrogens with one attached hydrogen (secondary N) is 2. The SMILES string of the molecule is CC(C)NC(Cc1ccccn1)NC(C)C. The van der Waals surface area contributed by atoms with Gasteiger partial charge in [0.25, 0.3) is 0 Å². The van der Waals surface area contributed by atoms with Gasteiger partial charge in [-0.1, -0.05) is 6.07 Å². The van der Waals surface area contributed by atoms with Crippen LogP contribution in [0.25, 0.3) is 0 Å². The molecule has 0 spiro atoms. The fraction of sp³-hybridized carbons (Fsp3) is 0.615. The predicted molar refractivity (Wildman–Crippen MR) is 68.3 cm³/mol. The van der Waals surface area contributed by atoms with E-state index in [2.05, 4.69) is 49.4 Å². The molecule has 1 rings (SSSR count). The molecule has 1 heterocycles. The minimum atomic E-state index is 0.287. The van der Waals surface area contributed by atoms with E-state index in [1.807, 2.05) is 18.3 Å². The molecule has 0 aliphatic rings. The average Bonchev–Trinajstić information content (AvgIpc) is 2.16. The molecular weight excluding hydrogens is 198 g/mol. The quantitative estimate of drug-likeness (QED) is 0.721. The summed E-state index contributed by atoms with van der Waals surface area (Å²) >= 11 is 0. The first-order valence-corrected chi connectivity index (χ1v) is 6.00. The van der Waals surface area contributed by atoms with Crippen LogP contribution in [0.15, 0.2) is 24.4 Å². The van der Waals surface area contributed by atoms with Crippen LogP contribution < -0.4 is 10.6 Å². The molecule has 0 saturated heterocycles. The summed E-state index contributed by atoms with van der Waals surface area (Å²) in [6, 6.07) is 6.99. The van der Waals surface area contributed by atoms with Gasteiger partial charge in [-0.2, -0.15) is 0 Å². The van der Waals surface area contributed by atoms with Crippen LogP contribution >= 0.6 is 0 Å². The molecule has 0 atom stereocenters. The Morgan fingerprint density at radius 2 is 1.69 bits per heavy atom. The number of rotatable bonds is 6. The van der Waals surface area contributed by atoms with Crippen molar-refractivity contribution in [3.05, 3.63) is 30.1 Å². The average molecular weight is 221 g/mol. The topological polar surface area (TPSA) is 37.0 Å². The van der Waals surface area contributed by atoms with E-state index in [-0.39, 0.29) is 6.17 Å². The first kappa shape index (κ1) is 13.1. The molecular formula is C13H23N3. The Hall–Kier alpha value is -0.930. The fourth-order valence-corrected chi connectivity index (χ4v) is 1.70. The standard InChI is InChI=1S/C13H23N3/c1-10(2)15-13(16-11(3)4)9-12-7-5-6-8-14-12/h5-8,10-11,13,15-16H,9H2,1-4H3. The van der Waals surface area contributed by atoms with Crippen LogP contribution in [0.5, 0.6) is 0 Å². The Kier molecular flexibility index (Phi) is 5.43. The second-order valence-electron chi connectivity index (χ2n) is 4.72. The Bertz CT molecular complexity index is 272. The van der Waals surface area contributed by atoms with E-state index >= 15 is 0 Å². The van der Waals surface area contributed by atoms with Gasteiger partial charge < -0.3 is 0 Å². The van der Waals surface area contributed by atoms with Crippen molar-refractivity contribution in [3.8, 4) is 0 Å². The first-order chi connectivity index (χ1) is 7.58. The van der Waals surface area contributed by atoms with Gasteiger partial charge in [-0.3, -0.25) is 15.6 Å². The smallest absolute Gasteiger partial charge is 0.0632 e. The van der Waals surface area contributed by atoms with Gasteiger partial charge in [-0.15, -0.1) is 0 Å². The van der Waals surface area contributed by atoms with Crippen molar-refractivity contribution in [1.82, 2.24) is 15.6 Å². The van der Waals surface area contributed by atoms with Gasteiger partial charge in [0.1, 0.15) is 0 Å². The van der Waals surface area contributed by atoms with Crippen molar-refractivity contribution in [1.29, 1.82) is 0 Å². The summed E-state index contributed by atoms with van der Waals surface area (Å²) in [5, 5.41) is 7.02. The molecule has 3 heteroatoms. The lowest BCUT2D eigenvalue weighted by Gasteiger charge is -2.24. The van der Waals surface area contributed by atoms with E-state index in [9.17, 15) is 0 Å². The molecule has 90 valence electrons. The second-order valence-corrected chi connectivity index (χ2v) is 4.72. The molecule has 2 N–H and O–H groups in total. The maximum Gasteiger partial charge on any atom is 0.0632 e. The Balaban J connectivity index is 2.56. The highest BCUT2D eigenvalue weighted by Crippen LogP contribution is 1.99. The molecule has 0 radical (unpaired) electrons. The van der Waals surface area contributed by atoms with Crippen LogP contribution in [-0.2, 0) is 6.42 Å². The summed E-state index contributed by atoms with van der Waals surface area (Å²) in [6.45, 7) is 8.64. The molecule has 3 nitrogen and oxygen atoms in total. The van der Waals surface area contributed by atoms with Crippen LogP contribution in [0.3, 0.4) is 0 Å². The monoisotopic (exact) mass is 221 g/mol. The molecule has 0 unspecified atom stereocenters. The van der Waals surface area contributed by atoms with E-state index in [4.69, 9.17) is 0 Å². The van der Waals surface area contributed by atoms with Crippen molar-refractivity contribution in [2.45, 2.75) is 52.4 Å². The van der Waals surface area contributed by atoms with Crippen LogP contribution in [-0.4, -0.2) is 23.2 Å². The van der Waals surface area contributed by atoms with Crippen molar-refractivity contribution in [2.24, 2.45) is 0 Å². The van der Waals surface area contributed by atoms with Gasteiger partial charge in [0, 0.05) is 30.4 Å². The first-order valence-electron chi connectivity index (χ1n) is 6.00. The third-order valence-electron chi connectivity index (χ3n) is 2.21. The highest BCUT2D eigenvalue weighted by molar-refractivity contribution is 5.05. The third kappa shape index (κ3) is 5.24. The lowest BCUT2D eigenvalue weighted by Crippen LogP contribution is -2.49. The molecule has 0 amide bonds. The molecule has 1 aromatic rings. The van der Waals surface area contributed by atoms with E-state index in [1.165, 1.54) is 0 Å². The summed E-state index contributed by atoms with van der Waals surface area (Å²) in [5.74, 6) is 0. The minimum Gasteiger partial charge on any atom is -0.299 e. The Morgan fingerprint density at radius 1 is 1.06 bits per heavy atom. The zero-order chi connectivity index (χ0) is 12.0. The number of aromatic nitrogens is 1. The lowest BCUT2D eigenvalue weighted by molar-refractivity contribution is 0.362. The normalized spacial score (nSPS) is 11.7. The minimum absolute atomic E-state index is 0.287.